The van der Waals surface area contributed by atoms with Crippen LogP contribution >= 0.6 is 0 Å². The summed E-state index contributed by atoms with van der Waals surface area (Å²) in [6.07, 6.45) is -0.0852. The number of Topliss-reactive ketones (excluding diaryl/α,β-unsaturated/α-hetero) is 1. The molecule has 0 fully saturated rings. The van der Waals surface area contributed by atoms with E-state index in [2.05, 4.69) is 0 Å². The predicted octanol–water partition coefficient (Wildman–Crippen LogP) is -0.476. The number of aliphatic hydroxyl groups is 2. The van der Waals surface area contributed by atoms with E-state index < -0.39 is 12.0 Å². The SMILES string of the molecule is CC(O)CC(=O)C(C=O)CCO. The first-order chi connectivity index (χ1) is 5.61. The van der Waals surface area contributed by atoms with Gasteiger partial charge in [-0.1, -0.05) is 0 Å². The standard InChI is InChI=1S/C8H14O4/c1-6(11)4-8(12)7(5-10)2-3-9/h5-7,9,11H,2-4H2,1H3. The van der Waals surface area contributed by atoms with Crippen LogP contribution in [0.1, 0.15) is 19.8 Å². The lowest BCUT2D eigenvalue weighted by atomic mass is 9.98. The number of hydrogen-bond acceptors (Lipinski definition) is 4. The molecule has 0 aromatic carbocycles. The van der Waals surface area contributed by atoms with Crippen molar-refractivity contribution in [2.75, 3.05) is 6.61 Å². The van der Waals surface area contributed by atoms with E-state index in [4.69, 9.17) is 10.2 Å². The first-order valence-corrected chi connectivity index (χ1v) is 3.88. The highest BCUT2D eigenvalue weighted by molar-refractivity contribution is 5.93. The van der Waals surface area contributed by atoms with E-state index in [1.807, 2.05) is 0 Å². The minimum Gasteiger partial charge on any atom is -0.396 e. The van der Waals surface area contributed by atoms with Crippen LogP contribution in [0.2, 0.25) is 0 Å². The number of aliphatic hydroxyl groups excluding tert-OH is 2. The van der Waals surface area contributed by atoms with Gasteiger partial charge in [0.15, 0.2) is 0 Å². The van der Waals surface area contributed by atoms with Crippen LogP contribution in [0.5, 0.6) is 0 Å². The molecule has 0 heterocycles. The molecule has 2 N–H and O–H groups in total. The fourth-order valence-corrected chi connectivity index (χ4v) is 0.887. The van der Waals surface area contributed by atoms with E-state index in [0.717, 1.165) is 0 Å². The van der Waals surface area contributed by atoms with Gasteiger partial charge in [0.2, 0.25) is 0 Å². The minimum atomic E-state index is -0.760. The van der Waals surface area contributed by atoms with Crippen LogP contribution in [0.3, 0.4) is 0 Å². The average molecular weight is 174 g/mol. The van der Waals surface area contributed by atoms with Gasteiger partial charge in [-0.3, -0.25) is 4.79 Å². The number of rotatable bonds is 6. The molecule has 12 heavy (non-hydrogen) atoms. The molecule has 0 saturated carbocycles. The van der Waals surface area contributed by atoms with Gasteiger partial charge in [0.05, 0.1) is 12.0 Å². The molecule has 0 aliphatic carbocycles. The van der Waals surface area contributed by atoms with Crippen LogP contribution in [-0.2, 0) is 9.59 Å². The van der Waals surface area contributed by atoms with Crippen LogP contribution in [0.25, 0.3) is 0 Å². The molecule has 4 heteroatoms. The van der Waals surface area contributed by atoms with Gasteiger partial charge in [0, 0.05) is 13.0 Å². The second kappa shape index (κ2) is 5.85. The first-order valence-electron chi connectivity index (χ1n) is 3.88. The Balaban J connectivity index is 3.93. The molecule has 0 aromatic rings. The number of aldehydes is 1. The van der Waals surface area contributed by atoms with Crippen molar-refractivity contribution in [3.05, 3.63) is 0 Å². The molecule has 2 unspecified atom stereocenters. The summed E-state index contributed by atoms with van der Waals surface area (Å²) in [6.45, 7) is 1.30. The summed E-state index contributed by atoms with van der Waals surface area (Å²) in [5, 5.41) is 17.3. The molecule has 4 nitrogen and oxygen atoms in total. The Bertz CT molecular complexity index is 153. The Labute approximate surface area is 71.2 Å². The Kier molecular flexibility index (Phi) is 5.49. The second-order valence-corrected chi connectivity index (χ2v) is 2.77. The fraction of sp³-hybridized carbons (Fsp3) is 0.750. The zero-order valence-corrected chi connectivity index (χ0v) is 7.06. The summed E-state index contributed by atoms with van der Waals surface area (Å²) in [6, 6.07) is 0. The molecule has 0 aromatic heterocycles. The number of carbonyl (C=O) groups is 2. The molecule has 70 valence electrons. The van der Waals surface area contributed by atoms with Crippen molar-refractivity contribution in [2.24, 2.45) is 5.92 Å². The predicted molar refractivity (Wildman–Crippen MR) is 42.6 cm³/mol. The maximum atomic E-state index is 11.1. The lowest BCUT2D eigenvalue weighted by molar-refractivity contribution is -0.129. The van der Waals surface area contributed by atoms with Crippen molar-refractivity contribution in [3.8, 4) is 0 Å². The molecule has 0 amide bonds. The van der Waals surface area contributed by atoms with Gasteiger partial charge in [-0.05, 0) is 13.3 Å². The van der Waals surface area contributed by atoms with E-state index in [0.29, 0.717) is 6.29 Å². The summed E-state index contributed by atoms with van der Waals surface area (Å²) in [4.78, 5) is 21.4. The van der Waals surface area contributed by atoms with Gasteiger partial charge in [0.25, 0.3) is 0 Å². The summed E-state index contributed by atoms with van der Waals surface area (Å²) in [5.41, 5.74) is 0. The molecule has 0 aliphatic rings. The van der Waals surface area contributed by atoms with Gasteiger partial charge in [-0.25, -0.2) is 0 Å². The van der Waals surface area contributed by atoms with Gasteiger partial charge < -0.3 is 15.0 Å². The fourth-order valence-electron chi connectivity index (χ4n) is 0.887. The van der Waals surface area contributed by atoms with Gasteiger partial charge in [-0.15, -0.1) is 0 Å². The van der Waals surface area contributed by atoms with E-state index in [9.17, 15) is 9.59 Å². The van der Waals surface area contributed by atoms with Gasteiger partial charge >= 0.3 is 0 Å². The molecule has 2 atom stereocenters. The maximum Gasteiger partial charge on any atom is 0.145 e. The van der Waals surface area contributed by atoms with Crippen LogP contribution in [-0.4, -0.2) is 35.0 Å². The van der Waals surface area contributed by atoms with Crippen molar-refractivity contribution < 1.29 is 19.8 Å². The zero-order valence-electron chi connectivity index (χ0n) is 7.06. The minimum absolute atomic E-state index is 0.0244. The third-order valence-electron chi connectivity index (χ3n) is 1.51. The molecular formula is C8H14O4. The third kappa shape index (κ3) is 4.20. The second-order valence-electron chi connectivity index (χ2n) is 2.77. The van der Waals surface area contributed by atoms with E-state index in [1.54, 1.807) is 0 Å². The highest BCUT2D eigenvalue weighted by atomic mass is 16.3. The zero-order chi connectivity index (χ0) is 9.56. The van der Waals surface area contributed by atoms with Crippen molar-refractivity contribution in [2.45, 2.75) is 25.9 Å². The highest BCUT2D eigenvalue weighted by Gasteiger charge is 2.17. The Hall–Kier alpha value is -0.740. The third-order valence-corrected chi connectivity index (χ3v) is 1.51. The largest absolute Gasteiger partial charge is 0.396 e. The Morgan fingerprint density at radius 1 is 1.58 bits per heavy atom. The Morgan fingerprint density at radius 3 is 2.50 bits per heavy atom. The van der Waals surface area contributed by atoms with Gasteiger partial charge in [-0.2, -0.15) is 0 Å². The molecule has 0 rings (SSSR count). The van der Waals surface area contributed by atoms with Crippen molar-refractivity contribution >= 4 is 12.1 Å². The molecule has 0 saturated heterocycles. The lowest BCUT2D eigenvalue weighted by Crippen LogP contribution is -2.21. The van der Waals surface area contributed by atoms with Crippen molar-refractivity contribution in [1.82, 2.24) is 0 Å². The number of carbonyl (C=O) groups excluding carboxylic acids is 2. The number of hydrogen-bond donors (Lipinski definition) is 2. The lowest BCUT2D eigenvalue weighted by Gasteiger charge is -2.08. The average Bonchev–Trinajstić information content (AvgIpc) is 1.98. The van der Waals surface area contributed by atoms with E-state index in [-0.39, 0.29) is 25.2 Å². The summed E-state index contributed by atoms with van der Waals surface area (Å²) < 4.78 is 0. The molecule has 0 radical (unpaired) electrons. The van der Waals surface area contributed by atoms with E-state index >= 15 is 0 Å². The molecule has 0 spiro atoms. The monoisotopic (exact) mass is 174 g/mol. The Morgan fingerprint density at radius 2 is 2.17 bits per heavy atom. The maximum absolute atomic E-state index is 11.1. The van der Waals surface area contributed by atoms with Crippen molar-refractivity contribution in [1.29, 1.82) is 0 Å². The van der Waals surface area contributed by atoms with Crippen LogP contribution in [0, 0.1) is 5.92 Å². The smallest absolute Gasteiger partial charge is 0.145 e. The first kappa shape index (κ1) is 11.3. The summed E-state index contributed by atoms with van der Waals surface area (Å²) in [7, 11) is 0. The topological polar surface area (TPSA) is 74.6 Å². The van der Waals surface area contributed by atoms with Crippen LogP contribution < -0.4 is 0 Å². The molecule has 0 aliphatic heterocycles. The van der Waals surface area contributed by atoms with Crippen molar-refractivity contribution in [3.63, 3.8) is 0 Å². The van der Waals surface area contributed by atoms with Crippen LogP contribution in [0.4, 0.5) is 0 Å². The quantitative estimate of drug-likeness (QED) is 0.421. The summed E-state index contributed by atoms with van der Waals surface area (Å²) in [5.74, 6) is -1.07. The summed E-state index contributed by atoms with van der Waals surface area (Å²) >= 11 is 0. The van der Waals surface area contributed by atoms with Gasteiger partial charge in [0.1, 0.15) is 12.1 Å². The highest BCUT2D eigenvalue weighted by Crippen LogP contribution is 2.05. The molecular weight excluding hydrogens is 160 g/mol. The van der Waals surface area contributed by atoms with E-state index in [1.165, 1.54) is 6.92 Å². The van der Waals surface area contributed by atoms with Crippen LogP contribution in [0.15, 0.2) is 0 Å². The number of ketones is 1. The molecule has 0 bridgehead atoms. The normalized spacial score (nSPS) is 15.2.